The number of amidine groups is 1. The molecule has 43 heavy (non-hydrogen) atoms. The molecule has 5 rings (SSSR count). The van der Waals surface area contributed by atoms with E-state index in [2.05, 4.69) is 15.4 Å². The van der Waals surface area contributed by atoms with Crippen LogP contribution in [-0.2, 0) is 39.0 Å². The van der Waals surface area contributed by atoms with Crippen molar-refractivity contribution in [3.8, 4) is 0 Å². The van der Waals surface area contributed by atoms with E-state index in [4.69, 9.17) is 11.1 Å². The number of nitrogens with two attached hydrogens (primary N) is 1. The van der Waals surface area contributed by atoms with Crippen molar-refractivity contribution in [2.24, 2.45) is 17.6 Å². The van der Waals surface area contributed by atoms with E-state index in [0.717, 1.165) is 80.9 Å². The number of hydrogen-bond acceptors (Lipinski definition) is 5. The number of carbonyl (C=O) groups excluding carboxylic acids is 2. The van der Waals surface area contributed by atoms with Crippen LogP contribution in [0.1, 0.15) is 86.5 Å². The monoisotopic (exact) mass is 607 g/mol. The van der Waals surface area contributed by atoms with Crippen LogP contribution in [-0.4, -0.2) is 43.4 Å². The lowest BCUT2D eigenvalue weighted by Crippen LogP contribution is -2.64. The Morgan fingerprint density at radius 1 is 0.884 bits per heavy atom. The van der Waals surface area contributed by atoms with Gasteiger partial charge in [-0.25, -0.2) is 13.1 Å². The fraction of sp³-hybridized carbons (Fsp3) is 0.545. The van der Waals surface area contributed by atoms with Gasteiger partial charge in [0.05, 0.1) is 5.75 Å². The number of nitrogens with one attached hydrogen (secondary N) is 4. The van der Waals surface area contributed by atoms with Crippen molar-refractivity contribution in [3.63, 3.8) is 0 Å². The molecule has 0 aromatic heterocycles. The van der Waals surface area contributed by atoms with Crippen molar-refractivity contribution in [2.75, 3.05) is 5.75 Å². The molecule has 6 N–H and O–H groups in total. The number of amides is 2. The summed E-state index contributed by atoms with van der Waals surface area (Å²) in [6.45, 7) is 0.241. The minimum Gasteiger partial charge on any atom is -0.384 e. The van der Waals surface area contributed by atoms with Gasteiger partial charge >= 0.3 is 0 Å². The van der Waals surface area contributed by atoms with Crippen molar-refractivity contribution < 1.29 is 18.0 Å². The minimum absolute atomic E-state index is 0.0251. The van der Waals surface area contributed by atoms with E-state index in [1.165, 1.54) is 0 Å². The molecular weight excluding hydrogens is 562 g/mol. The summed E-state index contributed by atoms with van der Waals surface area (Å²) in [4.78, 5) is 28.1. The Labute approximate surface area is 255 Å². The predicted molar refractivity (Wildman–Crippen MR) is 168 cm³/mol. The average molecular weight is 608 g/mol. The van der Waals surface area contributed by atoms with Crippen LogP contribution in [0.4, 0.5) is 0 Å². The first-order valence-corrected chi connectivity index (χ1v) is 17.4. The van der Waals surface area contributed by atoms with Crippen LogP contribution in [0.15, 0.2) is 48.5 Å². The third-order valence-corrected chi connectivity index (χ3v) is 11.0. The molecule has 3 aliphatic rings. The zero-order valence-electron chi connectivity index (χ0n) is 24.9. The predicted octanol–water partition coefficient (Wildman–Crippen LogP) is 3.69. The average Bonchev–Trinajstić information content (AvgIpc) is 3.39. The van der Waals surface area contributed by atoms with Crippen molar-refractivity contribution in [1.29, 1.82) is 5.41 Å². The zero-order chi connectivity index (χ0) is 30.5. The summed E-state index contributed by atoms with van der Waals surface area (Å²) < 4.78 is 29.7. The highest BCUT2D eigenvalue weighted by atomic mass is 32.2. The van der Waals surface area contributed by atoms with E-state index in [9.17, 15) is 18.0 Å². The Morgan fingerprint density at radius 3 is 2.05 bits per heavy atom. The second kappa shape index (κ2) is 13.6. The quantitative estimate of drug-likeness (QED) is 0.195. The van der Waals surface area contributed by atoms with Crippen molar-refractivity contribution in [1.82, 2.24) is 15.4 Å². The van der Waals surface area contributed by atoms with Gasteiger partial charge in [0, 0.05) is 24.9 Å². The van der Waals surface area contributed by atoms with Crippen LogP contribution in [0.25, 0.3) is 0 Å². The van der Waals surface area contributed by atoms with Gasteiger partial charge in [-0.1, -0.05) is 87.1 Å². The summed E-state index contributed by atoms with van der Waals surface area (Å²) in [6.07, 6.45) is 10.3. The fourth-order valence-electron chi connectivity index (χ4n) is 7.13. The number of benzene rings is 2. The molecule has 2 aromatic rings. The molecule has 3 aliphatic carbocycles. The minimum atomic E-state index is -3.69. The molecule has 2 amide bonds. The van der Waals surface area contributed by atoms with Gasteiger partial charge in [-0.05, 0) is 54.2 Å². The summed E-state index contributed by atoms with van der Waals surface area (Å²) >= 11 is 0. The molecule has 0 saturated heterocycles. The van der Waals surface area contributed by atoms with E-state index in [1.54, 1.807) is 12.1 Å². The van der Waals surface area contributed by atoms with E-state index in [0.29, 0.717) is 18.4 Å². The van der Waals surface area contributed by atoms with Gasteiger partial charge < -0.3 is 16.4 Å². The van der Waals surface area contributed by atoms with Crippen molar-refractivity contribution >= 4 is 27.7 Å². The van der Waals surface area contributed by atoms with Crippen LogP contribution in [0.5, 0.6) is 0 Å². The maximum absolute atomic E-state index is 14.2. The highest BCUT2D eigenvalue weighted by Gasteiger charge is 2.47. The molecule has 2 aromatic carbocycles. The summed E-state index contributed by atoms with van der Waals surface area (Å²) in [7, 11) is -3.69. The van der Waals surface area contributed by atoms with Crippen LogP contribution in [0.2, 0.25) is 0 Å². The molecule has 0 unspecified atom stereocenters. The third kappa shape index (κ3) is 7.84. The van der Waals surface area contributed by atoms with Gasteiger partial charge in [-0.3, -0.25) is 15.0 Å². The normalized spacial score (nSPS) is 19.7. The maximum atomic E-state index is 14.2. The summed E-state index contributed by atoms with van der Waals surface area (Å²) in [6, 6.07) is 14.0. The van der Waals surface area contributed by atoms with Crippen molar-refractivity contribution in [2.45, 2.75) is 95.2 Å². The van der Waals surface area contributed by atoms with Crippen LogP contribution >= 0.6 is 0 Å². The number of fused-ring (bicyclic) bond motifs is 1. The number of rotatable bonds is 11. The molecule has 0 aliphatic heterocycles. The Bertz CT molecular complexity index is 1390. The van der Waals surface area contributed by atoms with Crippen LogP contribution < -0.4 is 21.1 Å². The fourth-order valence-corrected chi connectivity index (χ4v) is 8.86. The zero-order valence-corrected chi connectivity index (χ0v) is 25.7. The van der Waals surface area contributed by atoms with Gasteiger partial charge in [0.15, 0.2) is 0 Å². The molecule has 0 radical (unpaired) electrons. The number of sulfonamides is 1. The van der Waals surface area contributed by atoms with Crippen LogP contribution in [0.3, 0.4) is 0 Å². The Hall–Kier alpha value is -3.24. The Morgan fingerprint density at radius 2 is 1.47 bits per heavy atom. The topological polar surface area (TPSA) is 154 Å². The second-order valence-electron chi connectivity index (χ2n) is 12.8. The Kier molecular flexibility index (Phi) is 9.86. The highest BCUT2D eigenvalue weighted by molar-refractivity contribution is 7.89. The second-order valence-corrected chi connectivity index (χ2v) is 14.6. The molecule has 1 atom stereocenters. The first-order chi connectivity index (χ1) is 20.6. The van der Waals surface area contributed by atoms with E-state index in [1.807, 2.05) is 36.4 Å². The molecule has 2 saturated carbocycles. The van der Waals surface area contributed by atoms with E-state index in [-0.39, 0.29) is 35.9 Å². The first kappa shape index (κ1) is 31.2. The number of carbonyl (C=O) groups is 2. The molecule has 0 heterocycles. The molecule has 2 fully saturated rings. The van der Waals surface area contributed by atoms with Gasteiger partial charge in [0.1, 0.15) is 17.4 Å². The van der Waals surface area contributed by atoms with Gasteiger partial charge in [0.25, 0.3) is 0 Å². The van der Waals surface area contributed by atoms with Gasteiger partial charge in [-0.2, -0.15) is 0 Å². The Balaban J connectivity index is 1.35. The smallest absolute Gasteiger partial charge is 0.246 e. The SMILES string of the molecule is N=C(N)c1ccc(CNC(=O)C2(NC(=O)[C@H](NS(=O)(=O)CC3CCCCC3)C3CCCCC3)Cc3ccccc3C2)cc1. The molecule has 0 spiro atoms. The number of hydrogen-bond donors (Lipinski definition) is 5. The molecule has 0 bridgehead atoms. The lowest BCUT2D eigenvalue weighted by molar-refractivity contribution is -0.135. The van der Waals surface area contributed by atoms with Crippen molar-refractivity contribution in [3.05, 3.63) is 70.8 Å². The summed E-state index contributed by atoms with van der Waals surface area (Å²) in [5.74, 6) is -0.704. The first-order valence-electron chi connectivity index (χ1n) is 15.7. The summed E-state index contributed by atoms with van der Waals surface area (Å²) in [5.41, 5.74) is 7.77. The van der Waals surface area contributed by atoms with E-state index < -0.39 is 27.5 Å². The molecule has 10 heteroatoms. The van der Waals surface area contributed by atoms with Crippen LogP contribution in [0, 0.1) is 17.2 Å². The standard InChI is InChI=1S/C33H45N5O4S/c34-30(35)26-17-15-23(16-18-26)21-36-32(40)33(19-27-13-7-8-14-28(27)20-33)37-31(39)29(25-11-5-2-6-12-25)38-43(41,42)22-24-9-3-1-4-10-24/h7-8,13-18,24-25,29,38H,1-6,9-12,19-22H2,(H3,34,35)(H,36,40)(H,37,39)/t29-/m1/s1. The lowest BCUT2D eigenvalue weighted by Gasteiger charge is -2.35. The van der Waals surface area contributed by atoms with Gasteiger partial charge in [0.2, 0.25) is 21.8 Å². The van der Waals surface area contributed by atoms with Gasteiger partial charge in [-0.15, -0.1) is 0 Å². The largest absolute Gasteiger partial charge is 0.384 e. The highest BCUT2D eigenvalue weighted by Crippen LogP contribution is 2.33. The third-order valence-electron chi connectivity index (χ3n) is 9.51. The molecule has 232 valence electrons. The maximum Gasteiger partial charge on any atom is 0.246 e. The summed E-state index contributed by atoms with van der Waals surface area (Å²) in [5, 5.41) is 13.7. The van der Waals surface area contributed by atoms with E-state index >= 15 is 0 Å². The lowest BCUT2D eigenvalue weighted by atomic mass is 9.83. The number of nitrogen functional groups attached to an aromatic ring is 1. The molecule has 9 nitrogen and oxygen atoms in total. The molecular formula is C33H45N5O4S.